The topological polar surface area (TPSA) is 60.6 Å². The third kappa shape index (κ3) is 4.05. The van der Waals surface area contributed by atoms with Crippen LogP contribution in [0.4, 0.5) is 0 Å². The lowest BCUT2D eigenvalue weighted by Gasteiger charge is -2.36. The van der Waals surface area contributed by atoms with Crippen LogP contribution in [-0.4, -0.2) is 54.3 Å². The van der Waals surface area contributed by atoms with Crippen LogP contribution in [0, 0.1) is 0 Å². The average molecular weight is 350 g/mol. The van der Waals surface area contributed by atoms with Crippen LogP contribution in [0.15, 0.2) is 18.3 Å². The monoisotopic (exact) mass is 349 g/mol. The molecule has 0 aliphatic carbocycles. The maximum atomic E-state index is 6.04. The minimum atomic E-state index is -0.283. The zero-order valence-electron chi connectivity index (χ0n) is 14.2. The molecule has 0 amide bonds. The van der Waals surface area contributed by atoms with E-state index < -0.39 is 0 Å². The molecular weight excluding hydrogens is 322 g/mol. The maximum Gasteiger partial charge on any atom is 0.213 e. The molecule has 0 atom stereocenters. The first-order chi connectivity index (χ1) is 11.7. The van der Waals surface area contributed by atoms with Crippen molar-refractivity contribution in [2.75, 3.05) is 39.5 Å². The molecule has 0 radical (unpaired) electrons. The molecule has 2 fully saturated rings. The van der Waals surface area contributed by atoms with Gasteiger partial charge in [0, 0.05) is 32.0 Å². The highest BCUT2D eigenvalue weighted by Gasteiger charge is 2.37. The second kappa shape index (κ2) is 8.23. The van der Waals surface area contributed by atoms with Crippen LogP contribution in [0.5, 0.6) is 5.88 Å². The van der Waals surface area contributed by atoms with Crippen LogP contribution < -0.4 is 10.5 Å². The minimum absolute atomic E-state index is 0.283. The third-order valence-electron chi connectivity index (χ3n) is 5.17. The molecule has 3 heterocycles. The van der Waals surface area contributed by atoms with Gasteiger partial charge >= 0.3 is 0 Å². The van der Waals surface area contributed by atoms with Gasteiger partial charge in [0.05, 0.1) is 17.0 Å². The van der Waals surface area contributed by atoms with Crippen LogP contribution in [0.2, 0.25) is 0 Å². The summed E-state index contributed by atoms with van der Waals surface area (Å²) in [5.74, 6) is 0.672. The summed E-state index contributed by atoms with van der Waals surface area (Å²) in [5, 5.41) is 0. The largest absolute Gasteiger partial charge is 0.478 e. The molecule has 6 heteroatoms. The number of nitrogens with zero attached hydrogens (tertiary/aromatic N) is 2. The summed E-state index contributed by atoms with van der Waals surface area (Å²) in [6.07, 6.45) is 7.21. The lowest BCUT2D eigenvalue weighted by molar-refractivity contribution is 0.0710. The summed E-state index contributed by atoms with van der Waals surface area (Å²) in [6.45, 7) is 5.66. The van der Waals surface area contributed by atoms with Crippen molar-refractivity contribution in [1.29, 1.82) is 0 Å². The molecule has 132 valence electrons. The molecule has 24 heavy (non-hydrogen) atoms. The van der Waals surface area contributed by atoms with Crippen molar-refractivity contribution < 1.29 is 9.47 Å². The van der Waals surface area contributed by atoms with Crippen LogP contribution >= 0.6 is 12.2 Å². The van der Waals surface area contributed by atoms with Crippen LogP contribution in [0.1, 0.15) is 37.7 Å². The minimum Gasteiger partial charge on any atom is -0.478 e. The number of hydrogen-bond acceptors (Lipinski definition) is 5. The number of rotatable bonds is 7. The van der Waals surface area contributed by atoms with Crippen LogP contribution in [-0.2, 0) is 10.2 Å². The van der Waals surface area contributed by atoms with E-state index in [-0.39, 0.29) is 5.41 Å². The molecule has 2 aliphatic rings. The maximum absolute atomic E-state index is 6.04. The molecule has 1 aromatic rings. The fraction of sp³-hybridized carbons (Fsp3) is 0.667. The first-order valence-electron chi connectivity index (χ1n) is 8.90. The van der Waals surface area contributed by atoms with Gasteiger partial charge < -0.3 is 20.1 Å². The number of hydrogen-bond donors (Lipinski definition) is 1. The molecule has 2 saturated heterocycles. The molecule has 0 aromatic carbocycles. The van der Waals surface area contributed by atoms with E-state index in [4.69, 9.17) is 27.4 Å². The molecule has 0 saturated carbocycles. The molecule has 2 N–H and O–H groups in total. The van der Waals surface area contributed by atoms with Gasteiger partial charge in [0.15, 0.2) is 0 Å². The van der Waals surface area contributed by atoms with E-state index in [1.54, 1.807) is 0 Å². The van der Waals surface area contributed by atoms with Crippen molar-refractivity contribution in [2.24, 2.45) is 5.73 Å². The van der Waals surface area contributed by atoms with Gasteiger partial charge in [-0.25, -0.2) is 4.98 Å². The molecule has 0 bridgehead atoms. The Morgan fingerprint density at radius 3 is 2.67 bits per heavy atom. The summed E-state index contributed by atoms with van der Waals surface area (Å²) in [6, 6.07) is 3.98. The SMILES string of the molecule is NC(=S)C1(c2ccc(OCCCN3CCCC3)nc2)CCOCC1. The summed E-state index contributed by atoms with van der Waals surface area (Å²) in [7, 11) is 0. The summed E-state index contributed by atoms with van der Waals surface area (Å²) in [4.78, 5) is 7.49. The van der Waals surface area contributed by atoms with Gasteiger partial charge in [-0.05, 0) is 50.8 Å². The summed E-state index contributed by atoms with van der Waals surface area (Å²) >= 11 is 5.34. The highest BCUT2D eigenvalue weighted by molar-refractivity contribution is 7.80. The van der Waals surface area contributed by atoms with Gasteiger partial charge in [-0.1, -0.05) is 18.3 Å². The van der Waals surface area contributed by atoms with Gasteiger partial charge in [-0.3, -0.25) is 0 Å². The summed E-state index contributed by atoms with van der Waals surface area (Å²) < 4.78 is 11.2. The van der Waals surface area contributed by atoms with E-state index >= 15 is 0 Å². The van der Waals surface area contributed by atoms with Crippen molar-refractivity contribution in [1.82, 2.24) is 9.88 Å². The smallest absolute Gasteiger partial charge is 0.213 e. The molecule has 2 aliphatic heterocycles. The Bertz CT molecular complexity index is 538. The number of nitrogens with two attached hydrogens (primary N) is 1. The Labute approximate surface area is 149 Å². The van der Waals surface area contributed by atoms with Gasteiger partial charge in [0.25, 0.3) is 0 Å². The van der Waals surface area contributed by atoms with Gasteiger partial charge in [0.1, 0.15) is 0 Å². The predicted octanol–water partition coefficient (Wildman–Crippen LogP) is 2.28. The van der Waals surface area contributed by atoms with E-state index in [9.17, 15) is 0 Å². The van der Waals surface area contributed by atoms with Crippen molar-refractivity contribution in [3.8, 4) is 5.88 Å². The van der Waals surface area contributed by atoms with E-state index in [1.165, 1.54) is 25.9 Å². The van der Waals surface area contributed by atoms with E-state index in [1.807, 2.05) is 18.3 Å². The standard InChI is InChI=1S/C18H27N3O2S/c19-17(24)18(6-12-22-13-7-18)15-4-5-16(20-14-15)23-11-3-10-21-8-1-2-9-21/h4-5,14H,1-3,6-13H2,(H2,19,24). The van der Waals surface area contributed by atoms with E-state index in [0.29, 0.717) is 30.7 Å². The van der Waals surface area contributed by atoms with E-state index in [0.717, 1.165) is 31.4 Å². The van der Waals surface area contributed by atoms with Crippen molar-refractivity contribution in [3.05, 3.63) is 23.9 Å². The van der Waals surface area contributed by atoms with Crippen molar-refractivity contribution in [3.63, 3.8) is 0 Å². The highest BCUT2D eigenvalue weighted by atomic mass is 32.1. The lowest BCUT2D eigenvalue weighted by atomic mass is 9.75. The first kappa shape index (κ1) is 17.6. The zero-order chi connectivity index (χ0) is 16.8. The summed E-state index contributed by atoms with van der Waals surface area (Å²) in [5.41, 5.74) is 6.83. The quantitative estimate of drug-likeness (QED) is 0.602. The average Bonchev–Trinajstić information content (AvgIpc) is 3.13. The molecule has 5 nitrogen and oxygen atoms in total. The molecule has 3 rings (SSSR count). The Morgan fingerprint density at radius 2 is 2.04 bits per heavy atom. The second-order valence-electron chi connectivity index (χ2n) is 6.69. The van der Waals surface area contributed by atoms with Crippen LogP contribution in [0.3, 0.4) is 0 Å². The van der Waals surface area contributed by atoms with Gasteiger partial charge in [0.2, 0.25) is 5.88 Å². The number of ether oxygens (including phenoxy) is 2. The molecular formula is C18H27N3O2S. The molecule has 1 aromatic heterocycles. The predicted molar refractivity (Wildman–Crippen MR) is 98.5 cm³/mol. The number of aromatic nitrogens is 1. The molecule has 0 unspecified atom stereocenters. The third-order valence-corrected chi connectivity index (χ3v) is 5.56. The Balaban J connectivity index is 1.53. The normalized spacial score (nSPS) is 20.8. The van der Waals surface area contributed by atoms with Crippen molar-refractivity contribution >= 4 is 17.2 Å². The number of pyridine rings is 1. The number of likely N-dealkylation sites (tertiary alicyclic amines) is 1. The lowest BCUT2D eigenvalue weighted by Crippen LogP contribution is -2.44. The Kier molecular flexibility index (Phi) is 6.03. The first-order valence-corrected chi connectivity index (χ1v) is 9.31. The number of thiocarbonyl (C=S) groups is 1. The zero-order valence-corrected chi connectivity index (χ0v) is 15.0. The van der Waals surface area contributed by atoms with E-state index in [2.05, 4.69) is 9.88 Å². The fourth-order valence-corrected chi connectivity index (χ4v) is 3.94. The Hall–Kier alpha value is -1.24. The van der Waals surface area contributed by atoms with Gasteiger partial charge in [-0.15, -0.1) is 0 Å². The Morgan fingerprint density at radius 1 is 1.29 bits per heavy atom. The second-order valence-corrected chi connectivity index (χ2v) is 7.13. The highest BCUT2D eigenvalue weighted by Crippen LogP contribution is 2.35. The fourth-order valence-electron chi connectivity index (χ4n) is 3.62. The molecule has 0 spiro atoms. The van der Waals surface area contributed by atoms with Crippen molar-refractivity contribution in [2.45, 2.75) is 37.5 Å². The van der Waals surface area contributed by atoms with Crippen LogP contribution in [0.25, 0.3) is 0 Å². The van der Waals surface area contributed by atoms with Gasteiger partial charge in [-0.2, -0.15) is 0 Å².